The lowest BCUT2D eigenvalue weighted by molar-refractivity contribution is -0.123. The summed E-state index contributed by atoms with van der Waals surface area (Å²) in [5.41, 5.74) is 1.89. The van der Waals surface area contributed by atoms with Crippen LogP contribution in [0.4, 0.5) is 5.69 Å². The smallest absolute Gasteiger partial charge is 0.295 e. The van der Waals surface area contributed by atoms with Gasteiger partial charge in [0, 0.05) is 16.6 Å². The van der Waals surface area contributed by atoms with Crippen LogP contribution in [0, 0.1) is 0 Å². The Bertz CT molecular complexity index is 1010. The summed E-state index contributed by atoms with van der Waals surface area (Å²) in [6, 6.07) is 14.5. The summed E-state index contributed by atoms with van der Waals surface area (Å²) in [5, 5.41) is 5.14. The van der Waals surface area contributed by atoms with E-state index in [1.165, 1.54) is 23.2 Å². The number of anilines is 1. The molecule has 0 saturated heterocycles. The number of carbonyl (C=O) groups is 2. The average molecular weight is 451 g/mol. The molecule has 0 radical (unpaired) electrons. The van der Waals surface area contributed by atoms with Gasteiger partial charge in [-0.05, 0) is 66.5 Å². The Morgan fingerprint density at radius 2 is 1.88 bits per heavy atom. The Hall–Kier alpha value is -2.86. The van der Waals surface area contributed by atoms with Crippen molar-refractivity contribution in [2.24, 2.45) is 0 Å². The van der Waals surface area contributed by atoms with Gasteiger partial charge in [-0.1, -0.05) is 44.9 Å². The summed E-state index contributed by atoms with van der Waals surface area (Å²) in [6.07, 6.45) is 6.74. The van der Waals surface area contributed by atoms with Crippen molar-refractivity contribution in [2.75, 3.05) is 4.90 Å². The van der Waals surface area contributed by atoms with Gasteiger partial charge in [0.05, 0.1) is 6.26 Å². The van der Waals surface area contributed by atoms with Crippen molar-refractivity contribution in [3.63, 3.8) is 0 Å². The molecule has 1 aliphatic carbocycles. The molecule has 1 aliphatic rings. The van der Waals surface area contributed by atoms with Gasteiger partial charge in [0.2, 0.25) is 5.91 Å². The number of nitrogens with one attached hydrogen (secondary N) is 1. The number of rotatable bonds is 8. The van der Waals surface area contributed by atoms with Crippen molar-refractivity contribution in [3.8, 4) is 0 Å². The second-order valence-corrected chi connectivity index (χ2v) is 9.44. The molecule has 6 heteroatoms. The first-order valence-corrected chi connectivity index (χ1v) is 12.3. The third-order valence-corrected chi connectivity index (χ3v) is 7.25. The van der Waals surface area contributed by atoms with Crippen LogP contribution in [0.25, 0.3) is 0 Å². The minimum Gasteiger partial charge on any atom is -0.459 e. The Balaban J connectivity index is 1.74. The lowest BCUT2D eigenvalue weighted by atomic mass is 9.98. The van der Waals surface area contributed by atoms with E-state index in [1.54, 1.807) is 17.0 Å². The zero-order valence-electron chi connectivity index (χ0n) is 18.6. The maximum atomic E-state index is 13.6. The summed E-state index contributed by atoms with van der Waals surface area (Å²) in [7, 11) is 0. The van der Waals surface area contributed by atoms with E-state index in [4.69, 9.17) is 4.42 Å². The summed E-state index contributed by atoms with van der Waals surface area (Å²) in [4.78, 5) is 29.6. The van der Waals surface area contributed by atoms with E-state index in [9.17, 15) is 9.59 Å². The van der Waals surface area contributed by atoms with Crippen LogP contribution in [0.3, 0.4) is 0 Å². The summed E-state index contributed by atoms with van der Waals surface area (Å²) >= 11 is 1.48. The molecule has 0 bridgehead atoms. The van der Waals surface area contributed by atoms with E-state index >= 15 is 0 Å². The van der Waals surface area contributed by atoms with E-state index in [-0.39, 0.29) is 23.6 Å². The molecule has 1 N–H and O–H groups in total. The molecule has 2 amide bonds. The Kier molecular flexibility index (Phi) is 7.10. The lowest BCUT2D eigenvalue weighted by Crippen LogP contribution is -2.46. The molecule has 168 valence electrons. The second kappa shape index (κ2) is 10.2. The van der Waals surface area contributed by atoms with Gasteiger partial charge in [0.1, 0.15) is 0 Å². The van der Waals surface area contributed by atoms with Crippen molar-refractivity contribution in [2.45, 2.75) is 64.0 Å². The molecular weight excluding hydrogens is 420 g/mol. The molecule has 2 heterocycles. The lowest BCUT2D eigenvalue weighted by Gasteiger charge is -2.31. The maximum Gasteiger partial charge on any atom is 0.295 e. The minimum absolute atomic E-state index is 0.148. The molecule has 1 fully saturated rings. The van der Waals surface area contributed by atoms with Crippen LogP contribution < -0.4 is 10.2 Å². The van der Waals surface area contributed by atoms with Crippen molar-refractivity contribution in [3.05, 3.63) is 76.4 Å². The molecule has 32 heavy (non-hydrogen) atoms. The van der Waals surface area contributed by atoms with Crippen LogP contribution in [0.1, 0.15) is 78.9 Å². The topological polar surface area (TPSA) is 62.6 Å². The van der Waals surface area contributed by atoms with Gasteiger partial charge in [-0.25, -0.2) is 0 Å². The van der Waals surface area contributed by atoms with Crippen molar-refractivity contribution in [1.82, 2.24) is 5.32 Å². The number of furan rings is 1. The summed E-state index contributed by atoms with van der Waals surface area (Å²) in [5.74, 6) is 0.166. The van der Waals surface area contributed by atoms with E-state index in [0.717, 1.165) is 37.0 Å². The first-order chi connectivity index (χ1) is 15.6. The predicted molar refractivity (Wildman–Crippen MR) is 128 cm³/mol. The van der Waals surface area contributed by atoms with Crippen LogP contribution in [-0.2, 0) is 4.79 Å². The molecule has 0 aliphatic heterocycles. The number of nitrogens with zero attached hydrogens (tertiary/aromatic N) is 1. The monoisotopic (exact) mass is 450 g/mol. The predicted octanol–water partition coefficient (Wildman–Crippen LogP) is 6.30. The standard InChI is InChI=1S/C26H30N2O3S/c1-3-18(2)19-12-14-21(15-13-19)28(26(30)22-10-6-16-31-22)24(23-11-7-17-32-23)25(29)27-20-8-4-5-9-20/h6-7,10-18,20,24H,3-5,8-9H2,1-2H3,(H,27,29)/t18-,24+/m1/s1. The van der Waals surface area contributed by atoms with Gasteiger partial charge in [-0.15, -0.1) is 11.3 Å². The van der Waals surface area contributed by atoms with Crippen molar-refractivity contribution < 1.29 is 14.0 Å². The minimum atomic E-state index is -0.761. The highest BCUT2D eigenvalue weighted by molar-refractivity contribution is 7.10. The molecule has 0 spiro atoms. The summed E-state index contributed by atoms with van der Waals surface area (Å²) < 4.78 is 5.44. The average Bonchev–Trinajstić information content (AvgIpc) is 3.60. The van der Waals surface area contributed by atoms with Crippen molar-refractivity contribution in [1.29, 1.82) is 0 Å². The number of amides is 2. The zero-order chi connectivity index (χ0) is 22.5. The van der Waals surface area contributed by atoms with Crippen LogP contribution in [0.2, 0.25) is 0 Å². The molecular formula is C26H30N2O3S. The number of hydrogen-bond acceptors (Lipinski definition) is 4. The van der Waals surface area contributed by atoms with Gasteiger partial charge in [-0.3, -0.25) is 14.5 Å². The molecule has 2 aromatic heterocycles. The van der Waals surface area contributed by atoms with Gasteiger partial charge in [-0.2, -0.15) is 0 Å². The fourth-order valence-electron chi connectivity index (χ4n) is 4.27. The first kappa shape index (κ1) is 22.3. The van der Waals surface area contributed by atoms with Crippen LogP contribution >= 0.6 is 11.3 Å². The molecule has 3 aromatic rings. The molecule has 5 nitrogen and oxygen atoms in total. The van der Waals surface area contributed by atoms with Gasteiger partial charge in [0.15, 0.2) is 11.8 Å². The third-order valence-electron chi connectivity index (χ3n) is 6.32. The fourth-order valence-corrected chi connectivity index (χ4v) is 5.09. The van der Waals surface area contributed by atoms with Crippen molar-refractivity contribution >= 4 is 28.8 Å². The number of thiophene rings is 1. The van der Waals surface area contributed by atoms with Crippen LogP contribution in [0.15, 0.2) is 64.6 Å². The van der Waals surface area contributed by atoms with Crippen LogP contribution in [-0.4, -0.2) is 17.9 Å². The highest BCUT2D eigenvalue weighted by Gasteiger charge is 2.36. The fraction of sp³-hybridized carbons (Fsp3) is 0.385. The quantitative estimate of drug-likeness (QED) is 0.438. The molecule has 0 unspecified atom stereocenters. The number of benzene rings is 1. The SMILES string of the molecule is CC[C@@H](C)c1ccc(N(C(=O)c2ccco2)[C@H](C(=O)NC2CCCC2)c2cccs2)cc1. The molecule has 2 atom stereocenters. The zero-order valence-corrected chi connectivity index (χ0v) is 19.4. The Labute approximate surface area is 193 Å². The molecule has 1 aromatic carbocycles. The largest absolute Gasteiger partial charge is 0.459 e. The normalized spacial score (nSPS) is 15.9. The number of carbonyl (C=O) groups excluding carboxylic acids is 2. The Morgan fingerprint density at radius 3 is 2.47 bits per heavy atom. The highest BCUT2D eigenvalue weighted by Crippen LogP contribution is 2.34. The van der Waals surface area contributed by atoms with E-state index in [0.29, 0.717) is 11.6 Å². The first-order valence-electron chi connectivity index (χ1n) is 11.4. The molecule has 4 rings (SSSR count). The number of hydrogen-bond donors (Lipinski definition) is 1. The van der Waals surface area contributed by atoms with Gasteiger partial charge >= 0.3 is 0 Å². The van der Waals surface area contributed by atoms with Crippen LogP contribution in [0.5, 0.6) is 0 Å². The summed E-state index contributed by atoms with van der Waals surface area (Å²) in [6.45, 7) is 4.34. The van der Waals surface area contributed by atoms with E-state index < -0.39 is 6.04 Å². The van der Waals surface area contributed by atoms with E-state index in [1.807, 2.05) is 41.8 Å². The molecule has 1 saturated carbocycles. The van der Waals surface area contributed by atoms with Gasteiger partial charge < -0.3 is 9.73 Å². The third kappa shape index (κ3) is 4.80. The highest BCUT2D eigenvalue weighted by atomic mass is 32.1. The van der Waals surface area contributed by atoms with Gasteiger partial charge in [0.25, 0.3) is 5.91 Å². The Morgan fingerprint density at radius 1 is 1.12 bits per heavy atom. The maximum absolute atomic E-state index is 13.6. The van der Waals surface area contributed by atoms with E-state index in [2.05, 4.69) is 19.2 Å². The second-order valence-electron chi connectivity index (χ2n) is 8.46.